The lowest BCUT2D eigenvalue weighted by molar-refractivity contribution is 0.0292. The van der Waals surface area contributed by atoms with E-state index in [1.54, 1.807) is 11.0 Å². The molecule has 1 aliphatic heterocycles. The maximum Gasteiger partial charge on any atom is 0.410 e. The largest absolute Gasteiger partial charge is 0.508 e. The fraction of sp³-hybridized carbons (Fsp3) is 0.533. The fourth-order valence-electron chi connectivity index (χ4n) is 2.37. The molecule has 1 aromatic rings. The minimum absolute atomic E-state index is 0.163. The molecule has 1 fully saturated rings. The van der Waals surface area contributed by atoms with E-state index in [0.29, 0.717) is 13.1 Å². The summed E-state index contributed by atoms with van der Waals surface area (Å²) < 4.78 is 6.22. The number of hydrogen-bond acceptors (Lipinski definition) is 3. The van der Waals surface area contributed by atoms with Crippen LogP contribution in [0.25, 0.3) is 0 Å². The van der Waals surface area contributed by atoms with Crippen LogP contribution in [0.15, 0.2) is 22.7 Å². The Hall–Kier alpha value is -1.23. The summed E-state index contributed by atoms with van der Waals surface area (Å²) in [5, 5.41) is 10.00. The van der Waals surface area contributed by atoms with Gasteiger partial charge in [0.05, 0.1) is 0 Å². The summed E-state index contributed by atoms with van der Waals surface area (Å²) in [6.07, 6.45) is 0.561. The number of hydrogen-bond donors (Lipinski definition) is 1. The van der Waals surface area contributed by atoms with Gasteiger partial charge >= 0.3 is 6.09 Å². The van der Waals surface area contributed by atoms with Crippen LogP contribution in [-0.2, 0) is 4.74 Å². The number of phenolic OH excluding ortho intramolecular Hbond substituents is 1. The maximum atomic E-state index is 12.0. The predicted molar refractivity (Wildman–Crippen MR) is 81.0 cm³/mol. The first-order valence-corrected chi connectivity index (χ1v) is 7.52. The number of ether oxygens (including phenoxy) is 1. The van der Waals surface area contributed by atoms with Crippen molar-refractivity contribution >= 4 is 22.0 Å². The van der Waals surface area contributed by atoms with Gasteiger partial charge in [-0.3, -0.25) is 0 Å². The number of carbonyl (C=O) groups is 1. The molecule has 1 atom stereocenters. The second-order valence-corrected chi connectivity index (χ2v) is 7.03. The van der Waals surface area contributed by atoms with Crippen LogP contribution >= 0.6 is 15.9 Å². The van der Waals surface area contributed by atoms with E-state index in [2.05, 4.69) is 15.9 Å². The van der Waals surface area contributed by atoms with Crippen molar-refractivity contribution in [2.24, 2.45) is 0 Å². The van der Waals surface area contributed by atoms with Crippen LogP contribution in [0.1, 0.15) is 38.7 Å². The van der Waals surface area contributed by atoms with Gasteiger partial charge in [-0.1, -0.05) is 22.0 Å². The van der Waals surface area contributed by atoms with Gasteiger partial charge in [-0.05, 0) is 44.9 Å². The maximum absolute atomic E-state index is 12.0. The lowest BCUT2D eigenvalue weighted by Crippen LogP contribution is -2.35. The summed E-state index contributed by atoms with van der Waals surface area (Å²) in [4.78, 5) is 13.7. The van der Waals surface area contributed by atoms with E-state index in [0.717, 1.165) is 16.5 Å². The lowest BCUT2D eigenvalue weighted by Gasteiger charge is -2.24. The fourth-order valence-corrected chi connectivity index (χ4v) is 2.72. The summed E-state index contributed by atoms with van der Waals surface area (Å²) in [5.74, 6) is 0.436. The Morgan fingerprint density at radius 3 is 2.75 bits per heavy atom. The van der Waals surface area contributed by atoms with Crippen LogP contribution in [-0.4, -0.2) is 34.8 Å². The molecule has 1 aliphatic rings. The van der Waals surface area contributed by atoms with Gasteiger partial charge in [0.1, 0.15) is 11.4 Å². The monoisotopic (exact) mass is 341 g/mol. The van der Waals surface area contributed by atoms with Crippen LogP contribution in [0.5, 0.6) is 5.75 Å². The molecule has 20 heavy (non-hydrogen) atoms. The average Bonchev–Trinajstić information content (AvgIpc) is 2.75. The highest BCUT2D eigenvalue weighted by atomic mass is 79.9. The van der Waals surface area contributed by atoms with Crippen LogP contribution < -0.4 is 0 Å². The highest BCUT2D eigenvalue weighted by Crippen LogP contribution is 2.35. The van der Waals surface area contributed by atoms with Gasteiger partial charge in [-0.2, -0.15) is 0 Å². The Bertz CT molecular complexity index is 510. The van der Waals surface area contributed by atoms with E-state index in [1.165, 1.54) is 0 Å². The smallest absolute Gasteiger partial charge is 0.410 e. The van der Waals surface area contributed by atoms with Crippen LogP contribution in [0, 0.1) is 0 Å². The van der Waals surface area contributed by atoms with Crippen molar-refractivity contribution in [3.8, 4) is 5.75 Å². The third kappa shape index (κ3) is 3.66. The molecule has 1 N–H and O–H groups in total. The SMILES string of the molecule is CC(C)(C)OC(=O)N1CCC(c2ccc(Br)cc2O)C1. The molecule has 0 spiro atoms. The summed E-state index contributed by atoms with van der Waals surface area (Å²) in [7, 11) is 0. The van der Waals surface area contributed by atoms with Crippen molar-refractivity contribution in [1.29, 1.82) is 0 Å². The van der Waals surface area contributed by atoms with Gasteiger partial charge < -0.3 is 14.7 Å². The van der Waals surface area contributed by atoms with Crippen molar-refractivity contribution in [2.75, 3.05) is 13.1 Å². The first-order valence-electron chi connectivity index (χ1n) is 6.72. The minimum Gasteiger partial charge on any atom is -0.508 e. The second-order valence-electron chi connectivity index (χ2n) is 6.12. The summed E-state index contributed by atoms with van der Waals surface area (Å²) in [6.45, 7) is 6.83. The molecule has 4 nitrogen and oxygen atoms in total. The van der Waals surface area contributed by atoms with Gasteiger partial charge in [-0.15, -0.1) is 0 Å². The minimum atomic E-state index is -0.477. The van der Waals surface area contributed by atoms with Gasteiger partial charge in [0.2, 0.25) is 0 Å². The number of phenols is 1. The number of carbonyl (C=O) groups excluding carboxylic acids is 1. The number of benzene rings is 1. The summed E-state index contributed by atoms with van der Waals surface area (Å²) >= 11 is 3.33. The lowest BCUT2D eigenvalue weighted by atomic mass is 9.97. The molecule has 1 saturated heterocycles. The Labute approximate surface area is 127 Å². The summed E-state index contributed by atoms with van der Waals surface area (Å²) in [6, 6.07) is 5.50. The average molecular weight is 342 g/mol. The van der Waals surface area contributed by atoms with E-state index in [-0.39, 0.29) is 17.8 Å². The van der Waals surface area contributed by atoms with E-state index in [4.69, 9.17) is 4.74 Å². The summed E-state index contributed by atoms with van der Waals surface area (Å²) in [5.41, 5.74) is 0.411. The van der Waals surface area contributed by atoms with Crippen molar-refractivity contribution in [2.45, 2.75) is 38.7 Å². The zero-order chi connectivity index (χ0) is 14.9. The number of halogens is 1. The molecule has 1 aromatic carbocycles. The number of likely N-dealkylation sites (tertiary alicyclic amines) is 1. The normalized spacial score (nSPS) is 19.2. The molecule has 1 unspecified atom stereocenters. The Morgan fingerprint density at radius 1 is 1.45 bits per heavy atom. The zero-order valence-electron chi connectivity index (χ0n) is 12.0. The van der Waals surface area contributed by atoms with E-state index in [1.807, 2.05) is 32.9 Å². The van der Waals surface area contributed by atoms with Crippen LogP contribution in [0.4, 0.5) is 4.79 Å². The number of amides is 1. The molecule has 0 aromatic heterocycles. The molecule has 0 aliphatic carbocycles. The molecule has 0 radical (unpaired) electrons. The van der Waals surface area contributed by atoms with E-state index >= 15 is 0 Å². The molecule has 2 rings (SSSR count). The predicted octanol–water partition coefficient (Wildman–Crippen LogP) is 3.88. The van der Waals surface area contributed by atoms with Crippen LogP contribution in [0.3, 0.4) is 0 Å². The van der Waals surface area contributed by atoms with Crippen molar-refractivity contribution < 1.29 is 14.6 Å². The Morgan fingerprint density at radius 2 is 2.15 bits per heavy atom. The van der Waals surface area contributed by atoms with E-state index < -0.39 is 5.60 Å². The molecule has 0 saturated carbocycles. The molecule has 110 valence electrons. The number of aromatic hydroxyl groups is 1. The third-order valence-electron chi connectivity index (χ3n) is 3.27. The van der Waals surface area contributed by atoms with Crippen molar-refractivity contribution in [3.05, 3.63) is 28.2 Å². The highest BCUT2D eigenvalue weighted by Gasteiger charge is 2.31. The first kappa shape index (κ1) is 15.2. The first-order chi connectivity index (χ1) is 9.26. The van der Waals surface area contributed by atoms with Gasteiger partial charge in [0, 0.05) is 23.5 Å². The van der Waals surface area contributed by atoms with Crippen LogP contribution in [0.2, 0.25) is 0 Å². The Kier molecular flexibility index (Phi) is 4.28. The van der Waals surface area contributed by atoms with Gasteiger partial charge in [0.15, 0.2) is 0 Å². The van der Waals surface area contributed by atoms with E-state index in [9.17, 15) is 9.90 Å². The quantitative estimate of drug-likeness (QED) is 0.843. The highest BCUT2D eigenvalue weighted by molar-refractivity contribution is 9.10. The molecule has 1 amide bonds. The molecular weight excluding hydrogens is 322 g/mol. The number of rotatable bonds is 1. The second kappa shape index (κ2) is 5.64. The van der Waals surface area contributed by atoms with Crippen molar-refractivity contribution in [1.82, 2.24) is 4.90 Å². The standard InChI is InChI=1S/C15H20BrNO3/c1-15(2,3)20-14(19)17-7-6-10(9-17)12-5-4-11(16)8-13(12)18/h4-5,8,10,18H,6-7,9H2,1-3H3. The van der Waals surface area contributed by atoms with Gasteiger partial charge in [0.25, 0.3) is 0 Å². The zero-order valence-corrected chi connectivity index (χ0v) is 13.6. The molecule has 1 heterocycles. The molecular formula is C15H20BrNO3. The number of nitrogens with zero attached hydrogens (tertiary/aromatic N) is 1. The molecule has 0 bridgehead atoms. The topological polar surface area (TPSA) is 49.8 Å². The molecule has 5 heteroatoms. The Balaban J connectivity index is 2.03. The third-order valence-corrected chi connectivity index (χ3v) is 3.77. The van der Waals surface area contributed by atoms with Crippen molar-refractivity contribution in [3.63, 3.8) is 0 Å². The van der Waals surface area contributed by atoms with Gasteiger partial charge in [-0.25, -0.2) is 4.79 Å².